The SMILES string of the molecule is Cc1nc2ccc(C(F)(F)F)cn2c1-c1ccnc(Nc2ccc(C(=O)NC3CCCCO3)cc2)n1. The molecule has 186 valence electrons. The number of carbonyl (C=O) groups is 1. The molecule has 3 aromatic heterocycles. The van der Waals surface area contributed by atoms with Crippen LogP contribution in [0.1, 0.15) is 40.9 Å². The van der Waals surface area contributed by atoms with Crippen LogP contribution in [0.25, 0.3) is 17.0 Å². The van der Waals surface area contributed by atoms with Gasteiger partial charge in [0.15, 0.2) is 0 Å². The third kappa shape index (κ3) is 5.01. The van der Waals surface area contributed by atoms with Crippen LogP contribution in [0.5, 0.6) is 0 Å². The van der Waals surface area contributed by atoms with Crippen molar-refractivity contribution in [3.8, 4) is 11.4 Å². The van der Waals surface area contributed by atoms with Gasteiger partial charge in [-0.1, -0.05) is 0 Å². The molecule has 0 aliphatic carbocycles. The number of alkyl halides is 3. The number of carbonyl (C=O) groups excluding carboxylic acids is 1. The molecule has 1 aliphatic heterocycles. The number of aromatic nitrogens is 4. The van der Waals surface area contributed by atoms with Gasteiger partial charge in [-0.25, -0.2) is 15.0 Å². The van der Waals surface area contributed by atoms with Crippen LogP contribution in [0.15, 0.2) is 54.9 Å². The molecule has 0 radical (unpaired) electrons. The van der Waals surface area contributed by atoms with Gasteiger partial charge in [0.05, 0.1) is 22.6 Å². The number of imidazole rings is 1. The maximum absolute atomic E-state index is 13.3. The number of aryl methyl sites for hydroxylation is 1. The molecule has 0 spiro atoms. The zero-order chi connectivity index (χ0) is 25.3. The van der Waals surface area contributed by atoms with Crippen molar-refractivity contribution in [3.63, 3.8) is 0 Å². The van der Waals surface area contributed by atoms with E-state index in [1.54, 1.807) is 37.3 Å². The Morgan fingerprint density at radius 1 is 1.08 bits per heavy atom. The van der Waals surface area contributed by atoms with E-state index in [2.05, 4.69) is 25.6 Å². The van der Waals surface area contributed by atoms with Crippen molar-refractivity contribution in [2.75, 3.05) is 11.9 Å². The summed E-state index contributed by atoms with van der Waals surface area (Å²) in [6, 6.07) is 10.8. The molecule has 1 atom stereocenters. The summed E-state index contributed by atoms with van der Waals surface area (Å²) in [5, 5.41) is 5.94. The third-order valence-electron chi connectivity index (χ3n) is 5.89. The topological polar surface area (TPSA) is 93.4 Å². The highest BCUT2D eigenvalue weighted by Gasteiger charge is 2.31. The standard InChI is InChI=1S/C25H23F3N6O2/c1-15-22(34-14-17(25(26,27)28)7-10-20(34)30-15)19-11-12-29-24(32-19)31-18-8-5-16(6-9-18)23(35)33-21-4-2-3-13-36-21/h5-12,14,21H,2-4,13H2,1H3,(H,33,35)(H,29,31,32). The Kier molecular flexibility index (Phi) is 6.31. The monoisotopic (exact) mass is 496 g/mol. The lowest BCUT2D eigenvalue weighted by Crippen LogP contribution is -2.38. The minimum atomic E-state index is -4.48. The van der Waals surface area contributed by atoms with Crippen LogP contribution in [0, 0.1) is 6.92 Å². The summed E-state index contributed by atoms with van der Waals surface area (Å²) >= 11 is 0. The molecule has 36 heavy (non-hydrogen) atoms. The first-order chi connectivity index (χ1) is 17.3. The Bertz CT molecular complexity index is 1400. The number of hydrogen-bond acceptors (Lipinski definition) is 6. The fourth-order valence-electron chi connectivity index (χ4n) is 4.11. The lowest BCUT2D eigenvalue weighted by Gasteiger charge is -2.23. The maximum atomic E-state index is 13.3. The van der Waals surface area contributed by atoms with Gasteiger partial charge in [0.2, 0.25) is 5.95 Å². The number of nitrogens with zero attached hydrogens (tertiary/aromatic N) is 4. The normalized spacial score (nSPS) is 16.2. The van der Waals surface area contributed by atoms with Crippen LogP contribution < -0.4 is 10.6 Å². The molecule has 1 aliphatic rings. The van der Waals surface area contributed by atoms with Crippen molar-refractivity contribution in [3.05, 3.63) is 71.7 Å². The van der Waals surface area contributed by atoms with Gasteiger partial charge in [0.25, 0.3) is 5.91 Å². The van der Waals surface area contributed by atoms with Gasteiger partial charge in [-0.05, 0) is 68.7 Å². The summed E-state index contributed by atoms with van der Waals surface area (Å²) in [5.41, 5.74) is 2.14. The van der Waals surface area contributed by atoms with Crippen LogP contribution >= 0.6 is 0 Å². The second-order valence-electron chi connectivity index (χ2n) is 8.49. The molecule has 1 fully saturated rings. The maximum Gasteiger partial charge on any atom is 0.417 e. The summed E-state index contributed by atoms with van der Waals surface area (Å²) < 4.78 is 46.7. The Labute approximate surface area is 204 Å². The number of hydrogen-bond donors (Lipinski definition) is 2. The molecule has 11 heteroatoms. The molecule has 0 bridgehead atoms. The molecule has 1 aromatic carbocycles. The average molecular weight is 496 g/mol. The number of ether oxygens (including phenoxy) is 1. The van der Waals surface area contributed by atoms with Gasteiger partial charge in [0.1, 0.15) is 11.9 Å². The quantitative estimate of drug-likeness (QED) is 0.399. The molecule has 8 nitrogen and oxygen atoms in total. The molecular formula is C25H23F3N6O2. The Morgan fingerprint density at radius 3 is 2.61 bits per heavy atom. The second kappa shape index (κ2) is 9.57. The van der Waals surface area contributed by atoms with Crippen LogP contribution in [-0.4, -0.2) is 38.1 Å². The van der Waals surface area contributed by atoms with Gasteiger partial charge in [-0.3, -0.25) is 9.20 Å². The number of anilines is 2. The Hall–Kier alpha value is -3.99. The molecule has 1 unspecified atom stereocenters. The van der Waals surface area contributed by atoms with Crippen molar-refractivity contribution in [2.45, 2.75) is 38.6 Å². The number of halogens is 3. The van der Waals surface area contributed by atoms with E-state index in [-0.39, 0.29) is 18.1 Å². The van der Waals surface area contributed by atoms with E-state index in [1.807, 2.05) is 0 Å². The highest BCUT2D eigenvalue weighted by atomic mass is 19.4. The van der Waals surface area contributed by atoms with Gasteiger partial charge in [0, 0.05) is 30.3 Å². The van der Waals surface area contributed by atoms with Crippen molar-refractivity contribution in [2.24, 2.45) is 0 Å². The van der Waals surface area contributed by atoms with Crippen molar-refractivity contribution >= 4 is 23.2 Å². The average Bonchev–Trinajstić information content (AvgIpc) is 3.19. The zero-order valence-electron chi connectivity index (χ0n) is 19.3. The number of fused-ring (bicyclic) bond motifs is 1. The molecule has 5 rings (SSSR count). The minimum Gasteiger partial charge on any atom is -0.359 e. The first-order valence-electron chi connectivity index (χ1n) is 11.5. The van der Waals surface area contributed by atoms with Gasteiger partial charge in [-0.2, -0.15) is 13.2 Å². The van der Waals surface area contributed by atoms with Crippen molar-refractivity contribution in [1.29, 1.82) is 0 Å². The molecule has 1 saturated heterocycles. The Balaban J connectivity index is 1.35. The number of benzene rings is 1. The summed E-state index contributed by atoms with van der Waals surface area (Å²) in [5.74, 6) is 0.0367. The highest BCUT2D eigenvalue weighted by molar-refractivity contribution is 5.94. The predicted molar refractivity (Wildman–Crippen MR) is 127 cm³/mol. The van der Waals surface area contributed by atoms with E-state index in [0.29, 0.717) is 40.6 Å². The van der Waals surface area contributed by atoms with E-state index in [9.17, 15) is 18.0 Å². The lowest BCUT2D eigenvalue weighted by molar-refractivity contribution is -0.137. The zero-order valence-corrected chi connectivity index (χ0v) is 19.3. The summed E-state index contributed by atoms with van der Waals surface area (Å²) in [7, 11) is 0. The Morgan fingerprint density at radius 2 is 1.89 bits per heavy atom. The van der Waals surface area contributed by atoms with E-state index in [0.717, 1.165) is 31.5 Å². The van der Waals surface area contributed by atoms with Gasteiger partial charge in [-0.15, -0.1) is 0 Å². The molecule has 2 N–H and O–H groups in total. The summed E-state index contributed by atoms with van der Waals surface area (Å²) in [6.45, 7) is 2.36. The summed E-state index contributed by atoms with van der Waals surface area (Å²) in [4.78, 5) is 25.5. The number of amides is 1. The minimum absolute atomic E-state index is 0.215. The van der Waals surface area contributed by atoms with Crippen LogP contribution in [-0.2, 0) is 10.9 Å². The van der Waals surface area contributed by atoms with Crippen molar-refractivity contribution < 1.29 is 22.7 Å². The lowest BCUT2D eigenvalue weighted by atomic mass is 10.1. The number of nitrogens with one attached hydrogen (secondary N) is 2. The van der Waals surface area contributed by atoms with E-state index >= 15 is 0 Å². The first-order valence-corrected chi connectivity index (χ1v) is 11.5. The van der Waals surface area contributed by atoms with Crippen LogP contribution in [0.2, 0.25) is 0 Å². The molecule has 1 amide bonds. The number of rotatable bonds is 5. The largest absolute Gasteiger partial charge is 0.417 e. The fourth-order valence-corrected chi connectivity index (χ4v) is 4.11. The molecule has 4 aromatic rings. The van der Waals surface area contributed by atoms with E-state index in [4.69, 9.17) is 4.74 Å². The third-order valence-corrected chi connectivity index (χ3v) is 5.89. The van der Waals surface area contributed by atoms with Gasteiger partial charge < -0.3 is 15.4 Å². The van der Waals surface area contributed by atoms with Crippen LogP contribution in [0.3, 0.4) is 0 Å². The van der Waals surface area contributed by atoms with Crippen LogP contribution in [0.4, 0.5) is 24.8 Å². The van der Waals surface area contributed by atoms with Gasteiger partial charge >= 0.3 is 6.18 Å². The van der Waals surface area contributed by atoms with Crippen molar-refractivity contribution in [1.82, 2.24) is 24.7 Å². The fraction of sp³-hybridized carbons (Fsp3) is 0.280. The molecular weight excluding hydrogens is 473 g/mol. The highest BCUT2D eigenvalue weighted by Crippen LogP contribution is 2.31. The smallest absolute Gasteiger partial charge is 0.359 e. The molecule has 4 heterocycles. The number of pyridine rings is 1. The first kappa shape index (κ1) is 23.7. The molecule has 0 saturated carbocycles. The predicted octanol–water partition coefficient (Wildman–Crippen LogP) is 5.12. The van der Waals surface area contributed by atoms with E-state index < -0.39 is 11.7 Å². The summed E-state index contributed by atoms with van der Waals surface area (Å²) in [6.07, 6.45) is 0.602. The van der Waals surface area contributed by atoms with E-state index in [1.165, 1.54) is 16.7 Å². The second-order valence-corrected chi connectivity index (χ2v) is 8.49.